The van der Waals surface area contributed by atoms with Crippen LogP contribution < -0.4 is 5.43 Å². The summed E-state index contributed by atoms with van der Waals surface area (Å²) in [5.41, 5.74) is 1.45. The van der Waals surface area contributed by atoms with Crippen LogP contribution in [0.1, 0.15) is 16.9 Å². The summed E-state index contributed by atoms with van der Waals surface area (Å²) in [6.07, 6.45) is 1.40. The number of carbonyl (C=O) groups is 1. The van der Waals surface area contributed by atoms with Gasteiger partial charge in [-0.15, -0.1) is 0 Å². The van der Waals surface area contributed by atoms with Crippen LogP contribution >= 0.6 is 27.7 Å². The Kier molecular flexibility index (Phi) is 6.90. The number of furan rings is 1. The minimum absolute atomic E-state index is 0.446. The fourth-order valence-corrected chi connectivity index (χ4v) is 4.47. The first-order valence-corrected chi connectivity index (χ1v) is 11.4. The first kappa shape index (κ1) is 22.1. The van der Waals surface area contributed by atoms with Gasteiger partial charge in [-0.1, -0.05) is 90.6 Å². The number of nitrogens with zero attached hydrogens (tertiary/aromatic N) is 1. The van der Waals surface area contributed by atoms with Gasteiger partial charge in [0.05, 0.1) is 10.7 Å². The molecule has 0 unspecified atom stereocenters. The van der Waals surface area contributed by atoms with Gasteiger partial charge in [-0.05, 0) is 39.2 Å². The van der Waals surface area contributed by atoms with Gasteiger partial charge >= 0.3 is 0 Å². The molecular weight excluding hydrogens is 488 g/mol. The molecule has 4 rings (SSSR count). The SMILES string of the molecule is O=C(N/N=C\c1cc(Br)c(Sc2ccccc2)o1)C(O)(c1ccccc1)c1ccccc1. The molecule has 0 atom stereocenters. The third-order valence-corrected chi connectivity index (χ3v) is 6.55. The largest absolute Gasteiger partial charge is 0.447 e. The van der Waals surface area contributed by atoms with E-state index in [-0.39, 0.29) is 0 Å². The summed E-state index contributed by atoms with van der Waals surface area (Å²) in [5, 5.41) is 16.1. The second kappa shape index (κ2) is 9.99. The predicted octanol–water partition coefficient (Wildman–Crippen LogP) is 5.58. The molecule has 0 spiro atoms. The van der Waals surface area contributed by atoms with Gasteiger partial charge in [0.1, 0.15) is 5.76 Å². The lowest BCUT2D eigenvalue weighted by Crippen LogP contribution is -2.43. The summed E-state index contributed by atoms with van der Waals surface area (Å²) >= 11 is 4.96. The highest BCUT2D eigenvalue weighted by molar-refractivity contribution is 9.10. The van der Waals surface area contributed by atoms with Gasteiger partial charge in [0.2, 0.25) is 0 Å². The van der Waals surface area contributed by atoms with Crippen LogP contribution in [0, 0.1) is 0 Å². The second-order valence-electron chi connectivity index (χ2n) is 6.84. The van der Waals surface area contributed by atoms with E-state index in [2.05, 4.69) is 26.5 Å². The average molecular weight is 507 g/mol. The highest BCUT2D eigenvalue weighted by Crippen LogP contribution is 2.35. The van der Waals surface area contributed by atoms with Crippen molar-refractivity contribution in [2.45, 2.75) is 15.6 Å². The van der Waals surface area contributed by atoms with Crippen molar-refractivity contribution in [2.24, 2.45) is 5.10 Å². The minimum Gasteiger partial charge on any atom is -0.447 e. The van der Waals surface area contributed by atoms with E-state index in [9.17, 15) is 9.90 Å². The Balaban J connectivity index is 1.52. The molecule has 0 saturated carbocycles. The van der Waals surface area contributed by atoms with E-state index < -0.39 is 11.5 Å². The Morgan fingerprint density at radius 1 is 0.938 bits per heavy atom. The smallest absolute Gasteiger partial charge is 0.281 e. The van der Waals surface area contributed by atoms with Crippen LogP contribution in [0.2, 0.25) is 0 Å². The normalized spacial score (nSPS) is 11.6. The van der Waals surface area contributed by atoms with E-state index in [1.54, 1.807) is 54.6 Å². The van der Waals surface area contributed by atoms with Crippen molar-refractivity contribution < 1.29 is 14.3 Å². The maximum absolute atomic E-state index is 13.1. The van der Waals surface area contributed by atoms with Crippen molar-refractivity contribution in [1.82, 2.24) is 5.43 Å². The highest BCUT2D eigenvalue weighted by atomic mass is 79.9. The molecule has 1 heterocycles. The number of hydrogen-bond acceptors (Lipinski definition) is 5. The Morgan fingerprint density at radius 2 is 1.47 bits per heavy atom. The van der Waals surface area contributed by atoms with Crippen LogP contribution in [-0.2, 0) is 10.4 Å². The number of hydrogen-bond donors (Lipinski definition) is 2. The maximum Gasteiger partial charge on any atom is 0.281 e. The molecule has 0 aliphatic rings. The van der Waals surface area contributed by atoms with Gasteiger partial charge in [-0.3, -0.25) is 4.79 Å². The molecule has 2 N–H and O–H groups in total. The molecular formula is C25H19BrN2O3S. The van der Waals surface area contributed by atoms with Gasteiger partial charge in [0.15, 0.2) is 10.7 Å². The fraction of sp³-hybridized carbons (Fsp3) is 0.0400. The Morgan fingerprint density at radius 3 is 2.03 bits per heavy atom. The van der Waals surface area contributed by atoms with Crippen LogP contribution in [-0.4, -0.2) is 17.2 Å². The van der Waals surface area contributed by atoms with Gasteiger partial charge in [-0.25, -0.2) is 5.43 Å². The molecule has 32 heavy (non-hydrogen) atoms. The summed E-state index contributed by atoms with van der Waals surface area (Å²) in [6.45, 7) is 0. The number of rotatable bonds is 7. The molecule has 0 fully saturated rings. The van der Waals surface area contributed by atoms with E-state index in [0.717, 1.165) is 9.37 Å². The molecule has 0 saturated heterocycles. The average Bonchev–Trinajstić information content (AvgIpc) is 3.19. The Hall–Kier alpha value is -3.13. The molecule has 1 amide bonds. The highest BCUT2D eigenvalue weighted by Gasteiger charge is 2.39. The maximum atomic E-state index is 13.1. The van der Waals surface area contributed by atoms with Gasteiger partial charge in [0, 0.05) is 11.0 Å². The molecule has 0 radical (unpaired) electrons. The summed E-state index contributed by atoms with van der Waals surface area (Å²) < 4.78 is 6.59. The number of benzene rings is 3. The predicted molar refractivity (Wildman–Crippen MR) is 129 cm³/mol. The van der Waals surface area contributed by atoms with E-state index in [4.69, 9.17) is 4.42 Å². The summed E-state index contributed by atoms with van der Waals surface area (Å²) in [5.74, 6) is -0.214. The van der Waals surface area contributed by atoms with Crippen molar-refractivity contribution in [3.8, 4) is 0 Å². The van der Waals surface area contributed by atoms with E-state index in [1.807, 2.05) is 42.5 Å². The minimum atomic E-state index is -1.89. The zero-order chi connectivity index (χ0) is 22.4. The van der Waals surface area contributed by atoms with E-state index in [0.29, 0.717) is 22.0 Å². The van der Waals surface area contributed by atoms with Gasteiger partial charge in [-0.2, -0.15) is 5.10 Å². The molecule has 1 aromatic heterocycles. The number of halogens is 1. The first-order chi connectivity index (χ1) is 15.6. The molecule has 160 valence electrons. The van der Waals surface area contributed by atoms with Gasteiger partial charge in [0.25, 0.3) is 5.91 Å². The summed E-state index contributed by atoms with van der Waals surface area (Å²) in [7, 11) is 0. The standard InChI is InChI=1S/C25H19BrN2O3S/c26-22-16-20(31-23(22)32-21-14-8-3-9-15-21)17-27-28-24(29)25(30,18-10-4-1-5-11-18)19-12-6-2-7-13-19/h1-17,30H,(H,28,29)/b27-17-. The third-order valence-electron chi connectivity index (χ3n) is 4.70. The Bertz CT molecular complexity index is 1170. The van der Waals surface area contributed by atoms with Crippen molar-refractivity contribution in [3.63, 3.8) is 0 Å². The zero-order valence-corrected chi connectivity index (χ0v) is 19.2. The lowest BCUT2D eigenvalue weighted by molar-refractivity contribution is -0.136. The quantitative estimate of drug-likeness (QED) is 0.253. The number of nitrogens with one attached hydrogen (secondary N) is 1. The molecule has 4 aromatic rings. The third kappa shape index (κ3) is 4.85. The van der Waals surface area contributed by atoms with Crippen LogP contribution in [0.25, 0.3) is 0 Å². The van der Waals surface area contributed by atoms with Crippen LogP contribution in [0.5, 0.6) is 0 Å². The summed E-state index contributed by atoms with van der Waals surface area (Å²) in [4.78, 5) is 14.1. The molecule has 0 bridgehead atoms. The monoisotopic (exact) mass is 506 g/mol. The van der Waals surface area contributed by atoms with Gasteiger partial charge < -0.3 is 9.52 Å². The van der Waals surface area contributed by atoms with Crippen molar-refractivity contribution in [3.05, 3.63) is 118 Å². The zero-order valence-electron chi connectivity index (χ0n) is 16.8. The van der Waals surface area contributed by atoms with Crippen LogP contribution in [0.4, 0.5) is 0 Å². The van der Waals surface area contributed by atoms with Crippen LogP contribution in [0.15, 0.2) is 121 Å². The lowest BCUT2D eigenvalue weighted by atomic mass is 9.85. The van der Waals surface area contributed by atoms with Crippen molar-refractivity contribution in [1.29, 1.82) is 0 Å². The van der Waals surface area contributed by atoms with Crippen molar-refractivity contribution in [2.75, 3.05) is 0 Å². The fourth-order valence-electron chi connectivity index (χ4n) is 3.12. The molecule has 7 heteroatoms. The number of hydrazone groups is 1. The van der Waals surface area contributed by atoms with Crippen molar-refractivity contribution >= 4 is 39.8 Å². The molecule has 0 aliphatic carbocycles. The lowest BCUT2D eigenvalue weighted by Gasteiger charge is -2.26. The number of aliphatic hydroxyl groups is 1. The second-order valence-corrected chi connectivity index (χ2v) is 8.74. The molecule has 0 aliphatic heterocycles. The number of amides is 1. The number of carbonyl (C=O) groups excluding carboxylic acids is 1. The van der Waals surface area contributed by atoms with Crippen LogP contribution in [0.3, 0.4) is 0 Å². The topological polar surface area (TPSA) is 74.8 Å². The first-order valence-electron chi connectivity index (χ1n) is 9.76. The van der Waals surface area contributed by atoms with E-state index in [1.165, 1.54) is 18.0 Å². The van der Waals surface area contributed by atoms with E-state index >= 15 is 0 Å². The molecule has 5 nitrogen and oxygen atoms in total. The summed E-state index contributed by atoms with van der Waals surface area (Å²) in [6, 6.07) is 29.1. The Labute approximate surface area is 198 Å². The molecule has 3 aromatic carbocycles.